The van der Waals surface area contributed by atoms with Gasteiger partial charge in [-0.2, -0.15) is 0 Å². The van der Waals surface area contributed by atoms with Gasteiger partial charge in [-0.05, 0) is 64.2 Å². The standard InChI is InChI=1S/C68H131N2O6P/c1-6-8-10-12-14-16-18-20-22-24-26-28-30-32-33-34-35-36-37-38-40-42-44-46-48-50-52-54-56-58-60-62-68(72)69-66(65-76-77(73,74)75-64-63-70(3,4)5)67(71)61-59-57-55-53-51-49-47-45-43-41-39-31-29-27-25-23-21-19-17-15-13-11-9-7-2/h18,20,24,26,51,53,59,61,66-67,71H,6-17,19,21-23,25,27-50,52,54-58,60,62-65H2,1-5H3,(H-,69,72,73,74)/p+1/b20-18-,26-24-,53-51+,61-59+. The van der Waals surface area contributed by atoms with Gasteiger partial charge in [0.25, 0.3) is 0 Å². The van der Waals surface area contributed by atoms with Crippen molar-refractivity contribution in [3.63, 3.8) is 0 Å². The summed E-state index contributed by atoms with van der Waals surface area (Å²) in [7, 11) is 1.57. The first-order valence-corrected chi connectivity index (χ1v) is 35.0. The van der Waals surface area contributed by atoms with Gasteiger partial charge in [0.15, 0.2) is 0 Å². The van der Waals surface area contributed by atoms with Crippen molar-refractivity contribution >= 4 is 13.7 Å². The Morgan fingerprint density at radius 1 is 0.442 bits per heavy atom. The van der Waals surface area contributed by atoms with E-state index in [1.165, 1.54) is 263 Å². The predicted molar refractivity (Wildman–Crippen MR) is 337 cm³/mol. The summed E-state index contributed by atoms with van der Waals surface area (Å²) in [5.41, 5.74) is 0. The lowest BCUT2D eigenvalue weighted by Crippen LogP contribution is -2.45. The summed E-state index contributed by atoms with van der Waals surface area (Å²) in [4.78, 5) is 23.4. The summed E-state index contributed by atoms with van der Waals surface area (Å²) in [5.74, 6) is -0.181. The number of rotatable bonds is 62. The number of aliphatic hydroxyl groups is 1. The normalized spacial score (nSPS) is 14.0. The first-order valence-electron chi connectivity index (χ1n) is 33.5. The van der Waals surface area contributed by atoms with Gasteiger partial charge in [0.2, 0.25) is 5.91 Å². The van der Waals surface area contributed by atoms with E-state index in [2.05, 4.69) is 55.6 Å². The number of quaternary nitrogens is 1. The quantitative estimate of drug-likeness (QED) is 0.0243. The third-order valence-electron chi connectivity index (χ3n) is 15.3. The van der Waals surface area contributed by atoms with Crippen LogP contribution in [0.2, 0.25) is 0 Å². The number of carbonyl (C=O) groups is 1. The molecule has 0 aromatic heterocycles. The Morgan fingerprint density at radius 2 is 0.753 bits per heavy atom. The summed E-state index contributed by atoms with van der Waals surface area (Å²) in [6, 6.07) is -0.864. The lowest BCUT2D eigenvalue weighted by molar-refractivity contribution is -0.870. The van der Waals surface area contributed by atoms with Crippen molar-refractivity contribution in [2.75, 3.05) is 40.9 Å². The van der Waals surface area contributed by atoms with Crippen molar-refractivity contribution in [3.05, 3.63) is 48.6 Å². The Morgan fingerprint density at radius 3 is 1.12 bits per heavy atom. The maximum atomic E-state index is 13.0. The summed E-state index contributed by atoms with van der Waals surface area (Å²) >= 11 is 0. The molecular weight excluding hydrogens is 972 g/mol. The van der Waals surface area contributed by atoms with Crippen LogP contribution in [-0.2, 0) is 18.4 Å². The van der Waals surface area contributed by atoms with E-state index in [-0.39, 0.29) is 19.1 Å². The minimum Gasteiger partial charge on any atom is -0.387 e. The number of likely N-dealkylation sites (N-methyl/N-ethyl adjacent to an activating group) is 1. The second-order valence-electron chi connectivity index (χ2n) is 24.2. The number of hydrogen-bond acceptors (Lipinski definition) is 5. The first-order chi connectivity index (χ1) is 37.5. The molecule has 0 rings (SSSR count). The van der Waals surface area contributed by atoms with E-state index in [9.17, 15) is 19.4 Å². The molecule has 8 nitrogen and oxygen atoms in total. The topological polar surface area (TPSA) is 105 Å². The first kappa shape index (κ1) is 75.5. The van der Waals surface area contributed by atoms with Crippen LogP contribution in [0.1, 0.15) is 328 Å². The van der Waals surface area contributed by atoms with Gasteiger partial charge in [0.1, 0.15) is 13.2 Å². The number of nitrogens with one attached hydrogen (secondary N) is 1. The molecule has 0 radical (unpaired) electrons. The van der Waals surface area contributed by atoms with Crippen molar-refractivity contribution in [1.82, 2.24) is 5.32 Å². The van der Waals surface area contributed by atoms with E-state index in [1.54, 1.807) is 6.08 Å². The van der Waals surface area contributed by atoms with Gasteiger partial charge in [0, 0.05) is 6.42 Å². The molecule has 0 spiro atoms. The molecule has 9 heteroatoms. The van der Waals surface area contributed by atoms with Crippen LogP contribution in [0.3, 0.4) is 0 Å². The van der Waals surface area contributed by atoms with Crippen LogP contribution in [0.5, 0.6) is 0 Å². The molecule has 3 unspecified atom stereocenters. The average Bonchev–Trinajstić information content (AvgIpc) is 3.39. The minimum atomic E-state index is -4.36. The second kappa shape index (κ2) is 59.1. The molecule has 3 atom stereocenters. The Bertz CT molecular complexity index is 1390. The highest BCUT2D eigenvalue weighted by Gasteiger charge is 2.28. The van der Waals surface area contributed by atoms with Crippen LogP contribution in [-0.4, -0.2) is 73.4 Å². The highest BCUT2D eigenvalue weighted by atomic mass is 31.2. The van der Waals surface area contributed by atoms with Gasteiger partial charge >= 0.3 is 7.82 Å². The van der Waals surface area contributed by atoms with Crippen LogP contribution >= 0.6 is 7.82 Å². The Kier molecular flexibility index (Phi) is 57.9. The zero-order valence-corrected chi connectivity index (χ0v) is 52.9. The molecule has 0 bridgehead atoms. The third-order valence-corrected chi connectivity index (χ3v) is 16.3. The van der Waals surface area contributed by atoms with Crippen LogP contribution in [0, 0.1) is 0 Å². The third kappa shape index (κ3) is 61.9. The number of carbonyl (C=O) groups excluding carboxylic acids is 1. The zero-order valence-electron chi connectivity index (χ0n) is 52.0. The fourth-order valence-electron chi connectivity index (χ4n) is 10.0. The number of unbranched alkanes of at least 4 members (excludes halogenated alkanes) is 43. The smallest absolute Gasteiger partial charge is 0.387 e. The monoisotopic (exact) mass is 1100 g/mol. The fourth-order valence-corrected chi connectivity index (χ4v) is 10.8. The summed E-state index contributed by atoms with van der Waals surface area (Å²) in [6.07, 6.45) is 79.7. The van der Waals surface area contributed by atoms with Gasteiger partial charge in [-0.3, -0.25) is 13.8 Å². The molecule has 0 aliphatic carbocycles. The van der Waals surface area contributed by atoms with E-state index < -0.39 is 20.0 Å². The van der Waals surface area contributed by atoms with Gasteiger partial charge in [-0.25, -0.2) is 4.57 Å². The van der Waals surface area contributed by atoms with E-state index >= 15 is 0 Å². The fraction of sp³-hybridized carbons (Fsp3) is 0.868. The van der Waals surface area contributed by atoms with Crippen molar-refractivity contribution in [2.45, 2.75) is 341 Å². The van der Waals surface area contributed by atoms with Crippen molar-refractivity contribution in [1.29, 1.82) is 0 Å². The molecule has 0 saturated carbocycles. The number of phosphoric acid groups is 1. The van der Waals surface area contributed by atoms with E-state index in [0.29, 0.717) is 17.4 Å². The molecule has 1 amide bonds. The molecule has 0 aliphatic rings. The molecule has 0 saturated heterocycles. The van der Waals surface area contributed by atoms with Crippen LogP contribution in [0.15, 0.2) is 48.6 Å². The highest BCUT2D eigenvalue weighted by Crippen LogP contribution is 2.43. The van der Waals surface area contributed by atoms with E-state index in [4.69, 9.17) is 9.05 Å². The molecule has 3 N–H and O–H groups in total. The van der Waals surface area contributed by atoms with E-state index in [0.717, 1.165) is 44.9 Å². The molecule has 0 aromatic rings. The molecule has 454 valence electrons. The molecule has 0 aliphatic heterocycles. The number of amides is 1. The lowest BCUT2D eigenvalue weighted by atomic mass is 10.0. The number of nitrogens with zero attached hydrogens (tertiary/aromatic N) is 1. The van der Waals surface area contributed by atoms with Gasteiger partial charge in [-0.15, -0.1) is 0 Å². The molecule has 0 fully saturated rings. The highest BCUT2D eigenvalue weighted by molar-refractivity contribution is 7.47. The SMILES string of the molecule is CCCCCCC/C=C\C/C=C\CCCCCCCCCCCCCCCCCCCCCC(=O)NC(COP(=O)(O)OCC[N+](C)(C)C)C(O)/C=C/CC/C=C/CCCCCCCCCCCCCCCCCCCC. The maximum Gasteiger partial charge on any atom is 0.472 e. The second-order valence-corrected chi connectivity index (χ2v) is 25.6. The van der Waals surface area contributed by atoms with Crippen LogP contribution in [0.4, 0.5) is 0 Å². The lowest BCUT2D eigenvalue weighted by Gasteiger charge is -2.25. The predicted octanol–water partition coefficient (Wildman–Crippen LogP) is 21.1. The maximum absolute atomic E-state index is 13.0. The Labute approximate surface area is 479 Å². The number of hydrogen-bond donors (Lipinski definition) is 3. The number of aliphatic hydroxyl groups excluding tert-OH is 1. The van der Waals surface area contributed by atoms with Crippen molar-refractivity contribution in [2.24, 2.45) is 0 Å². The van der Waals surface area contributed by atoms with Crippen LogP contribution in [0.25, 0.3) is 0 Å². The van der Waals surface area contributed by atoms with Crippen LogP contribution < -0.4 is 5.32 Å². The van der Waals surface area contributed by atoms with Gasteiger partial charge in [-0.1, -0.05) is 306 Å². The largest absolute Gasteiger partial charge is 0.472 e. The van der Waals surface area contributed by atoms with Gasteiger partial charge < -0.3 is 19.8 Å². The zero-order chi connectivity index (χ0) is 56.3. The van der Waals surface area contributed by atoms with E-state index in [1.807, 2.05) is 27.2 Å². The Balaban J connectivity index is 4.10. The number of phosphoric ester groups is 1. The molecular formula is C68H132N2O6P+. The molecule has 0 heterocycles. The van der Waals surface area contributed by atoms with Crippen molar-refractivity contribution < 1.29 is 32.9 Å². The average molecular weight is 1100 g/mol. The molecule has 0 aromatic carbocycles. The summed E-state index contributed by atoms with van der Waals surface area (Å²) in [6.45, 7) is 4.83. The Hall–Kier alpha value is -1.54. The molecule has 77 heavy (non-hydrogen) atoms. The van der Waals surface area contributed by atoms with Gasteiger partial charge in [0.05, 0.1) is 39.9 Å². The van der Waals surface area contributed by atoms with Crippen molar-refractivity contribution in [3.8, 4) is 0 Å². The number of allylic oxidation sites excluding steroid dienone is 7. The minimum absolute atomic E-state index is 0.0571. The summed E-state index contributed by atoms with van der Waals surface area (Å²) in [5, 5.41) is 14.0. The summed E-state index contributed by atoms with van der Waals surface area (Å²) < 4.78 is 23.8.